The maximum absolute atomic E-state index is 13.0. The van der Waals surface area contributed by atoms with Crippen molar-refractivity contribution < 1.29 is 0 Å². The van der Waals surface area contributed by atoms with Crippen LogP contribution in [0.25, 0.3) is 37.2 Å². The molecule has 1 atom stereocenters. The third-order valence-electron chi connectivity index (χ3n) is 5.49. The Morgan fingerprint density at radius 2 is 2.00 bits per heavy atom. The van der Waals surface area contributed by atoms with Crippen LogP contribution in [-0.2, 0) is 0 Å². The number of rotatable bonds is 4. The summed E-state index contributed by atoms with van der Waals surface area (Å²) in [4.78, 5) is 22.6. The van der Waals surface area contributed by atoms with E-state index in [0.717, 1.165) is 31.6 Å². The lowest BCUT2D eigenvalue weighted by atomic mass is 10.1. The highest BCUT2D eigenvalue weighted by Crippen LogP contribution is 2.37. The Morgan fingerprint density at radius 1 is 1.12 bits per heavy atom. The Kier molecular flexibility index (Phi) is 4.63. The van der Waals surface area contributed by atoms with E-state index in [4.69, 9.17) is 4.98 Å². The van der Waals surface area contributed by atoms with Gasteiger partial charge in [0.2, 0.25) is 0 Å². The van der Waals surface area contributed by atoms with Crippen molar-refractivity contribution in [2.75, 3.05) is 0 Å². The van der Waals surface area contributed by atoms with Crippen LogP contribution in [0.3, 0.4) is 0 Å². The van der Waals surface area contributed by atoms with Gasteiger partial charge < -0.3 is 4.98 Å². The van der Waals surface area contributed by atoms with Crippen LogP contribution < -0.4 is 5.56 Å². The second-order valence-electron chi connectivity index (χ2n) is 7.54. The highest BCUT2D eigenvalue weighted by atomic mass is 32.2. The molecule has 1 aromatic carbocycles. The van der Waals surface area contributed by atoms with Crippen molar-refractivity contribution in [1.29, 1.82) is 0 Å². The number of para-hydroxylation sites is 1. The lowest BCUT2D eigenvalue weighted by Gasteiger charge is -2.11. The van der Waals surface area contributed by atoms with E-state index < -0.39 is 0 Å². The third-order valence-corrected chi connectivity index (χ3v) is 8.32. The zero-order valence-corrected chi connectivity index (χ0v) is 19.6. The summed E-state index contributed by atoms with van der Waals surface area (Å²) in [7, 11) is 0. The minimum absolute atomic E-state index is 0.103. The van der Waals surface area contributed by atoms with Gasteiger partial charge in [-0.1, -0.05) is 36.0 Å². The molecular weight excluding hydrogens is 458 g/mol. The molecule has 0 amide bonds. The molecule has 0 spiro atoms. The minimum atomic E-state index is -0.105. The molecule has 0 bridgehead atoms. The van der Waals surface area contributed by atoms with Gasteiger partial charge in [-0.15, -0.1) is 32.9 Å². The summed E-state index contributed by atoms with van der Waals surface area (Å²) in [6.45, 7) is 4.11. The number of thioether (sulfide) groups is 1. The SMILES string of the molecule is Cc1cc2nnc(SC(C)c3nc4scc(-c5cccs5)c4c(=O)[nH]3)n2c2ccccc12. The van der Waals surface area contributed by atoms with E-state index in [1.807, 2.05) is 48.0 Å². The summed E-state index contributed by atoms with van der Waals surface area (Å²) < 4.78 is 2.07. The third kappa shape index (κ3) is 3.08. The van der Waals surface area contributed by atoms with Crippen molar-refractivity contribution >= 4 is 61.2 Å². The van der Waals surface area contributed by atoms with Crippen LogP contribution in [0.2, 0.25) is 0 Å². The monoisotopic (exact) mass is 475 g/mol. The van der Waals surface area contributed by atoms with Crippen molar-refractivity contribution in [3.8, 4) is 10.4 Å². The summed E-state index contributed by atoms with van der Waals surface area (Å²) in [6.07, 6.45) is 0. The fourth-order valence-corrected chi connectivity index (χ4v) is 6.63. The molecule has 0 aliphatic carbocycles. The summed E-state index contributed by atoms with van der Waals surface area (Å²) in [5.41, 5.74) is 3.89. The molecule has 158 valence electrons. The van der Waals surface area contributed by atoms with Gasteiger partial charge in [-0.25, -0.2) is 4.98 Å². The van der Waals surface area contributed by atoms with E-state index in [1.165, 1.54) is 34.0 Å². The van der Waals surface area contributed by atoms with Gasteiger partial charge in [-0.05, 0) is 43.0 Å². The Balaban J connectivity index is 1.41. The number of benzene rings is 1. The minimum Gasteiger partial charge on any atom is -0.309 e. The van der Waals surface area contributed by atoms with Crippen molar-refractivity contribution in [2.45, 2.75) is 24.3 Å². The van der Waals surface area contributed by atoms with Gasteiger partial charge in [0.15, 0.2) is 10.8 Å². The first-order chi connectivity index (χ1) is 15.6. The van der Waals surface area contributed by atoms with Crippen molar-refractivity contribution in [3.63, 3.8) is 0 Å². The normalized spacial score (nSPS) is 12.8. The molecular formula is C23H17N5OS3. The maximum atomic E-state index is 13.0. The van der Waals surface area contributed by atoms with Crippen LogP contribution in [0, 0.1) is 6.92 Å². The van der Waals surface area contributed by atoms with Crippen LogP contribution in [0.5, 0.6) is 0 Å². The van der Waals surface area contributed by atoms with Crippen molar-refractivity contribution in [2.24, 2.45) is 0 Å². The van der Waals surface area contributed by atoms with Crippen molar-refractivity contribution in [1.82, 2.24) is 24.6 Å². The first-order valence-corrected chi connectivity index (χ1v) is 12.7. The van der Waals surface area contributed by atoms with Gasteiger partial charge in [-0.3, -0.25) is 9.20 Å². The molecule has 0 saturated heterocycles. The maximum Gasteiger partial charge on any atom is 0.260 e. The molecule has 0 saturated carbocycles. The molecule has 0 radical (unpaired) electrons. The predicted molar refractivity (Wildman–Crippen MR) is 133 cm³/mol. The number of pyridine rings is 1. The fraction of sp³-hybridized carbons (Fsp3) is 0.130. The second-order valence-corrected chi connectivity index (χ2v) is 10.7. The molecule has 6 nitrogen and oxygen atoms in total. The number of nitrogens with zero attached hydrogens (tertiary/aromatic N) is 4. The van der Waals surface area contributed by atoms with Gasteiger partial charge in [0.25, 0.3) is 5.56 Å². The number of hydrogen-bond donors (Lipinski definition) is 1. The van der Waals surface area contributed by atoms with Crippen LogP contribution in [-0.4, -0.2) is 24.6 Å². The topological polar surface area (TPSA) is 75.9 Å². The Morgan fingerprint density at radius 3 is 2.84 bits per heavy atom. The highest BCUT2D eigenvalue weighted by molar-refractivity contribution is 7.99. The van der Waals surface area contributed by atoms with E-state index in [0.29, 0.717) is 11.2 Å². The van der Waals surface area contributed by atoms with E-state index in [9.17, 15) is 4.79 Å². The van der Waals surface area contributed by atoms with Crippen LogP contribution in [0.4, 0.5) is 0 Å². The van der Waals surface area contributed by atoms with Crippen LogP contribution in [0.1, 0.15) is 23.6 Å². The molecule has 0 fully saturated rings. The predicted octanol–water partition coefficient (Wildman–Crippen LogP) is 6.07. The Bertz CT molecular complexity index is 1660. The molecule has 0 aliphatic heterocycles. The zero-order chi connectivity index (χ0) is 21.8. The molecule has 5 heterocycles. The van der Waals surface area contributed by atoms with Gasteiger partial charge in [0, 0.05) is 21.2 Å². The Labute approximate surface area is 195 Å². The zero-order valence-electron chi connectivity index (χ0n) is 17.2. The molecule has 0 aliphatic rings. The number of thiophene rings is 2. The first-order valence-electron chi connectivity index (χ1n) is 10.1. The number of fused-ring (bicyclic) bond motifs is 4. The molecule has 6 rings (SSSR count). The van der Waals surface area contributed by atoms with Gasteiger partial charge in [0.1, 0.15) is 10.7 Å². The van der Waals surface area contributed by atoms with E-state index >= 15 is 0 Å². The largest absolute Gasteiger partial charge is 0.309 e. The van der Waals surface area contributed by atoms with E-state index in [-0.39, 0.29) is 10.8 Å². The molecule has 5 aromatic heterocycles. The number of aryl methyl sites for hydroxylation is 1. The number of hydrogen-bond acceptors (Lipinski definition) is 7. The molecule has 32 heavy (non-hydrogen) atoms. The first kappa shape index (κ1) is 19.7. The average molecular weight is 476 g/mol. The summed E-state index contributed by atoms with van der Waals surface area (Å²) >= 11 is 4.67. The molecule has 6 aromatic rings. The lowest BCUT2D eigenvalue weighted by molar-refractivity contribution is 0.894. The second kappa shape index (κ2) is 7.54. The van der Waals surface area contributed by atoms with Crippen LogP contribution >= 0.6 is 34.4 Å². The van der Waals surface area contributed by atoms with Gasteiger partial charge in [0.05, 0.1) is 16.2 Å². The molecule has 9 heteroatoms. The summed E-state index contributed by atoms with van der Waals surface area (Å²) in [6, 6.07) is 14.3. The van der Waals surface area contributed by atoms with Crippen molar-refractivity contribution in [3.05, 3.63) is 75.0 Å². The van der Waals surface area contributed by atoms with Gasteiger partial charge in [-0.2, -0.15) is 0 Å². The van der Waals surface area contributed by atoms with E-state index in [2.05, 4.69) is 38.6 Å². The molecule has 1 N–H and O–H groups in total. The number of aromatic amines is 1. The quantitative estimate of drug-likeness (QED) is 0.313. The lowest BCUT2D eigenvalue weighted by Crippen LogP contribution is -2.12. The summed E-state index contributed by atoms with van der Waals surface area (Å²) in [5, 5.41) is 15.3. The smallest absolute Gasteiger partial charge is 0.260 e. The fourth-order valence-electron chi connectivity index (χ4n) is 3.94. The van der Waals surface area contributed by atoms with E-state index in [1.54, 1.807) is 11.3 Å². The number of aromatic nitrogens is 5. The Hall–Kier alpha value is -3.01. The molecule has 1 unspecified atom stereocenters. The number of nitrogens with one attached hydrogen (secondary N) is 1. The number of H-pyrrole nitrogens is 1. The highest BCUT2D eigenvalue weighted by Gasteiger charge is 2.20. The standard InChI is InChI=1S/C23H17N5OS3/c1-12-10-18-26-27-23(28(18)16-7-4-3-6-14(12)16)32-13(2)20-24-21(29)19-15(11-31-22(19)25-20)17-8-5-9-30-17/h3-11,13H,1-2H3,(H,24,25,29). The van der Waals surface area contributed by atoms with Gasteiger partial charge >= 0.3 is 0 Å². The summed E-state index contributed by atoms with van der Waals surface area (Å²) in [5.74, 6) is 0.639. The average Bonchev–Trinajstić information content (AvgIpc) is 3.53. The van der Waals surface area contributed by atoms with Crippen LogP contribution in [0.15, 0.2) is 63.2 Å².